The Kier molecular flexibility index (Phi) is 5.79. The number of hydrogen-bond donors (Lipinski definition) is 0. The third-order valence-electron chi connectivity index (χ3n) is 6.11. The number of anilines is 2. The van der Waals surface area contributed by atoms with E-state index in [-0.39, 0.29) is 0 Å². The standard InChI is InChI=1S/C27H28N4/c1-2-8-25(9-3-1)30-16-18-31(19-17-30)26-12-10-22(11-13-26)20-23-6-5-15-29-27(23)24-7-4-14-28-21-24/h1-4,7-14,20-21H,5-6,15-19H2/b23-20+. The lowest BCUT2D eigenvalue weighted by Crippen LogP contribution is -2.46. The van der Waals surface area contributed by atoms with Crippen molar-refractivity contribution in [1.82, 2.24) is 4.98 Å². The summed E-state index contributed by atoms with van der Waals surface area (Å²) in [6, 6.07) is 23.8. The van der Waals surface area contributed by atoms with Crippen molar-refractivity contribution in [2.45, 2.75) is 12.8 Å². The summed E-state index contributed by atoms with van der Waals surface area (Å²) in [5.74, 6) is 0. The van der Waals surface area contributed by atoms with Crippen LogP contribution in [0, 0.1) is 0 Å². The van der Waals surface area contributed by atoms with Crippen LogP contribution in [0.2, 0.25) is 0 Å². The summed E-state index contributed by atoms with van der Waals surface area (Å²) in [6.07, 6.45) is 8.20. The van der Waals surface area contributed by atoms with Crippen LogP contribution in [0.5, 0.6) is 0 Å². The molecule has 1 fully saturated rings. The predicted octanol–water partition coefficient (Wildman–Crippen LogP) is 5.07. The highest BCUT2D eigenvalue weighted by atomic mass is 15.3. The zero-order chi connectivity index (χ0) is 20.9. The second-order valence-corrected chi connectivity index (χ2v) is 8.15. The fraction of sp³-hybridized carbons (Fsp3) is 0.259. The van der Waals surface area contributed by atoms with Gasteiger partial charge < -0.3 is 9.80 Å². The first kappa shape index (κ1) is 19.6. The highest BCUT2D eigenvalue weighted by molar-refractivity contribution is 6.15. The minimum absolute atomic E-state index is 0.898. The molecule has 1 saturated heterocycles. The maximum absolute atomic E-state index is 4.80. The average molecular weight is 409 g/mol. The number of para-hydroxylation sites is 1. The predicted molar refractivity (Wildman–Crippen MR) is 130 cm³/mol. The number of aliphatic imine (C=N–C) groups is 1. The quantitative estimate of drug-likeness (QED) is 0.604. The van der Waals surface area contributed by atoms with E-state index in [0.29, 0.717) is 0 Å². The van der Waals surface area contributed by atoms with E-state index in [1.165, 1.54) is 22.5 Å². The third-order valence-corrected chi connectivity index (χ3v) is 6.11. The average Bonchev–Trinajstić information content (AvgIpc) is 2.86. The van der Waals surface area contributed by atoms with Gasteiger partial charge in [0.15, 0.2) is 0 Å². The Morgan fingerprint density at radius 1 is 0.742 bits per heavy atom. The summed E-state index contributed by atoms with van der Waals surface area (Å²) in [7, 11) is 0. The lowest BCUT2D eigenvalue weighted by atomic mass is 9.95. The van der Waals surface area contributed by atoms with E-state index in [4.69, 9.17) is 4.99 Å². The van der Waals surface area contributed by atoms with Crippen LogP contribution >= 0.6 is 0 Å². The van der Waals surface area contributed by atoms with Crippen molar-refractivity contribution in [3.8, 4) is 0 Å². The molecule has 2 aromatic carbocycles. The number of benzene rings is 2. The molecule has 3 heterocycles. The molecule has 156 valence electrons. The Morgan fingerprint density at radius 3 is 2.13 bits per heavy atom. The number of rotatable bonds is 4. The smallest absolute Gasteiger partial charge is 0.0694 e. The van der Waals surface area contributed by atoms with Gasteiger partial charge in [-0.15, -0.1) is 0 Å². The normalized spacial score (nSPS) is 18.2. The molecule has 5 rings (SSSR count). The molecule has 0 saturated carbocycles. The topological polar surface area (TPSA) is 31.7 Å². The zero-order valence-corrected chi connectivity index (χ0v) is 17.8. The Hall–Kier alpha value is -3.40. The molecule has 0 unspecified atom stereocenters. The van der Waals surface area contributed by atoms with Gasteiger partial charge in [-0.1, -0.05) is 30.3 Å². The Morgan fingerprint density at radius 2 is 1.45 bits per heavy atom. The van der Waals surface area contributed by atoms with Gasteiger partial charge in [0, 0.05) is 62.1 Å². The van der Waals surface area contributed by atoms with Crippen molar-refractivity contribution >= 4 is 23.2 Å². The first-order valence-corrected chi connectivity index (χ1v) is 11.2. The molecular weight excluding hydrogens is 380 g/mol. The number of aromatic nitrogens is 1. The first-order valence-electron chi connectivity index (χ1n) is 11.2. The van der Waals surface area contributed by atoms with E-state index >= 15 is 0 Å². The van der Waals surface area contributed by atoms with Crippen LogP contribution in [0.4, 0.5) is 11.4 Å². The number of nitrogens with zero attached hydrogens (tertiary/aromatic N) is 4. The van der Waals surface area contributed by atoms with Gasteiger partial charge in [-0.3, -0.25) is 9.98 Å². The van der Waals surface area contributed by atoms with Crippen LogP contribution in [0.15, 0.2) is 89.7 Å². The minimum Gasteiger partial charge on any atom is -0.368 e. The van der Waals surface area contributed by atoms with Gasteiger partial charge in [0.1, 0.15) is 0 Å². The minimum atomic E-state index is 0.898. The fourth-order valence-corrected chi connectivity index (χ4v) is 4.44. The summed E-state index contributed by atoms with van der Waals surface area (Å²) in [5, 5.41) is 0. The van der Waals surface area contributed by atoms with Gasteiger partial charge in [0.2, 0.25) is 0 Å². The lowest BCUT2D eigenvalue weighted by molar-refractivity contribution is 0.653. The van der Waals surface area contributed by atoms with Gasteiger partial charge in [-0.2, -0.15) is 0 Å². The van der Waals surface area contributed by atoms with Gasteiger partial charge in [-0.05, 0) is 66.5 Å². The van der Waals surface area contributed by atoms with Crippen molar-refractivity contribution in [2.75, 3.05) is 42.5 Å². The van der Waals surface area contributed by atoms with Crippen LogP contribution in [0.25, 0.3) is 6.08 Å². The van der Waals surface area contributed by atoms with Gasteiger partial charge in [-0.25, -0.2) is 0 Å². The molecule has 0 radical (unpaired) electrons. The van der Waals surface area contributed by atoms with E-state index in [0.717, 1.165) is 56.8 Å². The molecule has 0 spiro atoms. The molecule has 3 aromatic rings. The second kappa shape index (κ2) is 9.17. The van der Waals surface area contributed by atoms with Gasteiger partial charge in [0.05, 0.1) is 5.71 Å². The number of piperazine rings is 1. The molecule has 0 N–H and O–H groups in total. The van der Waals surface area contributed by atoms with Crippen LogP contribution in [0.1, 0.15) is 24.0 Å². The molecule has 4 nitrogen and oxygen atoms in total. The summed E-state index contributed by atoms with van der Waals surface area (Å²) >= 11 is 0. The number of pyridine rings is 1. The maximum Gasteiger partial charge on any atom is 0.0694 e. The van der Waals surface area contributed by atoms with Crippen LogP contribution in [-0.2, 0) is 0 Å². The number of allylic oxidation sites excluding steroid dienone is 1. The van der Waals surface area contributed by atoms with Crippen molar-refractivity contribution in [1.29, 1.82) is 0 Å². The molecule has 2 aliphatic rings. The summed E-state index contributed by atoms with van der Waals surface area (Å²) in [6.45, 7) is 5.11. The molecule has 0 aliphatic carbocycles. The van der Waals surface area contributed by atoms with E-state index in [2.05, 4.69) is 81.5 Å². The molecule has 0 bridgehead atoms. The van der Waals surface area contributed by atoms with E-state index in [1.54, 1.807) is 0 Å². The SMILES string of the molecule is C(=C1/CCCN=C1c1cccnc1)/c1ccc(N2CCN(c3ccccc3)CC2)cc1. The Balaban J connectivity index is 1.27. The van der Waals surface area contributed by atoms with Crippen molar-refractivity contribution in [2.24, 2.45) is 4.99 Å². The Bertz CT molecular complexity index is 1050. The molecule has 0 atom stereocenters. The van der Waals surface area contributed by atoms with Gasteiger partial charge >= 0.3 is 0 Å². The van der Waals surface area contributed by atoms with Crippen molar-refractivity contribution < 1.29 is 0 Å². The van der Waals surface area contributed by atoms with Crippen molar-refractivity contribution in [3.63, 3.8) is 0 Å². The van der Waals surface area contributed by atoms with Crippen LogP contribution in [0.3, 0.4) is 0 Å². The molecule has 31 heavy (non-hydrogen) atoms. The monoisotopic (exact) mass is 408 g/mol. The van der Waals surface area contributed by atoms with Crippen molar-refractivity contribution in [3.05, 3.63) is 95.8 Å². The summed E-state index contributed by atoms with van der Waals surface area (Å²) in [4.78, 5) is 14.0. The molecular formula is C27H28N4. The molecule has 0 amide bonds. The zero-order valence-electron chi connectivity index (χ0n) is 17.8. The summed E-state index contributed by atoms with van der Waals surface area (Å²) in [5.41, 5.74) is 7.38. The highest BCUT2D eigenvalue weighted by Crippen LogP contribution is 2.24. The van der Waals surface area contributed by atoms with Crippen LogP contribution < -0.4 is 9.80 Å². The lowest BCUT2D eigenvalue weighted by Gasteiger charge is -2.37. The largest absolute Gasteiger partial charge is 0.368 e. The number of hydrogen-bond acceptors (Lipinski definition) is 4. The van der Waals surface area contributed by atoms with E-state index < -0.39 is 0 Å². The molecule has 1 aromatic heterocycles. The molecule has 2 aliphatic heterocycles. The highest BCUT2D eigenvalue weighted by Gasteiger charge is 2.18. The maximum atomic E-state index is 4.80. The van der Waals surface area contributed by atoms with Crippen LogP contribution in [-0.4, -0.2) is 43.4 Å². The summed E-state index contributed by atoms with van der Waals surface area (Å²) < 4.78 is 0. The fourth-order valence-electron chi connectivity index (χ4n) is 4.44. The van der Waals surface area contributed by atoms with E-state index in [9.17, 15) is 0 Å². The molecule has 4 heteroatoms. The second-order valence-electron chi connectivity index (χ2n) is 8.15. The third kappa shape index (κ3) is 4.53. The van der Waals surface area contributed by atoms with Gasteiger partial charge in [0.25, 0.3) is 0 Å². The Labute approximate surface area is 184 Å². The first-order chi connectivity index (χ1) is 15.4. The van der Waals surface area contributed by atoms with E-state index in [1.807, 2.05) is 18.5 Å².